The lowest BCUT2D eigenvalue weighted by Gasteiger charge is -2.11. The van der Waals surface area contributed by atoms with Gasteiger partial charge in [0.05, 0.1) is 10.7 Å². The Hall–Kier alpha value is -2.07. The molecule has 2 aromatic carbocycles. The van der Waals surface area contributed by atoms with Crippen molar-refractivity contribution in [1.29, 1.82) is 0 Å². The first-order valence-electron chi connectivity index (χ1n) is 6.52. The van der Waals surface area contributed by atoms with Crippen LogP contribution in [0.15, 0.2) is 36.4 Å². The number of rotatable bonds is 4. The molecule has 2 aromatic rings. The van der Waals surface area contributed by atoms with Crippen LogP contribution in [0.5, 0.6) is 0 Å². The van der Waals surface area contributed by atoms with E-state index in [1.165, 1.54) is 19.1 Å². The Balaban J connectivity index is 2.06. The van der Waals surface area contributed by atoms with Crippen molar-refractivity contribution in [2.24, 2.45) is 0 Å². The molecule has 0 saturated heterocycles. The predicted octanol–water partition coefficient (Wildman–Crippen LogP) is 4.36. The summed E-state index contributed by atoms with van der Waals surface area (Å²) in [6, 6.07) is 10.0. The highest BCUT2D eigenvalue weighted by Gasteiger charge is 2.04. The zero-order valence-electron chi connectivity index (χ0n) is 11.8. The van der Waals surface area contributed by atoms with Crippen molar-refractivity contribution in [1.82, 2.24) is 0 Å². The van der Waals surface area contributed by atoms with E-state index in [1.54, 1.807) is 18.2 Å². The summed E-state index contributed by atoms with van der Waals surface area (Å²) < 4.78 is 13.0. The number of hydrogen-bond donors (Lipinski definition) is 2. The molecule has 5 heteroatoms. The second kappa shape index (κ2) is 6.59. The minimum absolute atomic E-state index is 0.167. The second-order valence-electron chi connectivity index (χ2n) is 4.80. The summed E-state index contributed by atoms with van der Waals surface area (Å²) in [5.41, 5.74) is 3.31. The van der Waals surface area contributed by atoms with Crippen LogP contribution in [0, 0.1) is 12.7 Å². The van der Waals surface area contributed by atoms with E-state index in [2.05, 4.69) is 10.6 Å². The van der Waals surface area contributed by atoms with Crippen LogP contribution in [0.4, 0.5) is 15.8 Å². The van der Waals surface area contributed by atoms with E-state index in [0.29, 0.717) is 17.3 Å². The van der Waals surface area contributed by atoms with E-state index < -0.39 is 0 Å². The highest BCUT2D eigenvalue weighted by molar-refractivity contribution is 6.34. The van der Waals surface area contributed by atoms with Gasteiger partial charge in [-0.1, -0.05) is 17.7 Å². The molecular weight excluding hydrogens is 291 g/mol. The molecule has 0 spiro atoms. The average molecular weight is 307 g/mol. The van der Waals surface area contributed by atoms with Gasteiger partial charge in [0.15, 0.2) is 0 Å². The maximum Gasteiger partial charge on any atom is 0.221 e. The molecule has 1 amide bonds. The molecule has 0 heterocycles. The second-order valence-corrected chi connectivity index (χ2v) is 5.21. The first kappa shape index (κ1) is 15.3. The molecule has 3 nitrogen and oxygen atoms in total. The molecule has 2 rings (SSSR count). The standard InChI is InChI=1S/C16H16ClFN2O/c1-10-7-13(18)4-3-12(10)9-19-14-5-6-16(15(17)8-14)20-11(2)21/h3-8,19H,9H2,1-2H3,(H,20,21). The summed E-state index contributed by atoms with van der Waals surface area (Å²) in [5.74, 6) is -0.404. The molecule has 0 radical (unpaired) electrons. The molecular formula is C16H16ClFN2O. The van der Waals surface area contributed by atoms with E-state index in [0.717, 1.165) is 16.8 Å². The molecule has 0 bridgehead atoms. The van der Waals surface area contributed by atoms with E-state index in [9.17, 15) is 9.18 Å². The topological polar surface area (TPSA) is 41.1 Å². The Morgan fingerprint density at radius 3 is 2.62 bits per heavy atom. The summed E-state index contributed by atoms with van der Waals surface area (Å²) in [5, 5.41) is 6.34. The smallest absolute Gasteiger partial charge is 0.221 e. The van der Waals surface area contributed by atoms with E-state index in [1.807, 2.05) is 13.0 Å². The van der Waals surface area contributed by atoms with Crippen molar-refractivity contribution in [3.63, 3.8) is 0 Å². The minimum Gasteiger partial charge on any atom is -0.381 e. The van der Waals surface area contributed by atoms with Crippen LogP contribution in [0.25, 0.3) is 0 Å². The van der Waals surface area contributed by atoms with Gasteiger partial charge < -0.3 is 10.6 Å². The Kier molecular flexibility index (Phi) is 4.81. The first-order valence-corrected chi connectivity index (χ1v) is 6.89. The Bertz CT molecular complexity index is 673. The molecule has 0 aliphatic carbocycles. The summed E-state index contributed by atoms with van der Waals surface area (Å²) in [7, 11) is 0. The van der Waals surface area contributed by atoms with Crippen molar-refractivity contribution in [3.05, 3.63) is 58.4 Å². The zero-order chi connectivity index (χ0) is 15.4. The lowest BCUT2D eigenvalue weighted by atomic mass is 10.1. The fourth-order valence-electron chi connectivity index (χ4n) is 1.97. The number of benzene rings is 2. The monoisotopic (exact) mass is 306 g/mol. The zero-order valence-corrected chi connectivity index (χ0v) is 12.6. The molecule has 0 saturated carbocycles. The van der Waals surface area contributed by atoms with E-state index in [4.69, 9.17) is 11.6 Å². The van der Waals surface area contributed by atoms with Gasteiger partial charge in [-0.2, -0.15) is 0 Å². The average Bonchev–Trinajstić information content (AvgIpc) is 2.40. The lowest BCUT2D eigenvalue weighted by Crippen LogP contribution is -2.07. The van der Waals surface area contributed by atoms with Crippen molar-refractivity contribution >= 4 is 28.9 Å². The Morgan fingerprint density at radius 1 is 1.24 bits per heavy atom. The number of hydrogen-bond acceptors (Lipinski definition) is 2. The molecule has 21 heavy (non-hydrogen) atoms. The number of anilines is 2. The molecule has 0 atom stereocenters. The summed E-state index contributed by atoms with van der Waals surface area (Å²) in [6.07, 6.45) is 0. The van der Waals surface area contributed by atoms with Crippen LogP contribution in [-0.4, -0.2) is 5.91 Å². The van der Waals surface area contributed by atoms with Gasteiger partial charge in [0.25, 0.3) is 0 Å². The van der Waals surface area contributed by atoms with Gasteiger partial charge in [0.2, 0.25) is 5.91 Å². The van der Waals surface area contributed by atoms with Gasteiger partial charge in [0.1, 0.15) is 5.82 Å². The number of halogens is 2. The third-order valence-electron chi connectivity index (χ3n) is 3.07. The SMILES string of the molecule is CC(=O)Nc1ccc(NCc2ccc(F)cc2C)cc1Cl. The number of aryl methyl sites for hydroxylation is 1. The number of carbonyl (C=O) groups is 1. The summed E-state index contributed by atoms with van der Waals surface area (Å²) >= 11 is 6.10. The number of amides is 1. The third-order valence-corrected chi connectivity index (χ3v) is 3.38. The van der Waals surface area contributed by atoms with Crippen molar-refractivity contribution in [2.75, 3.05) is 10.6 Å². The highest BCUT2D eigenvalue weighted by atomic mass is 35.5. The maximum absolute atomic E-state index is 13.0. The largest absolute Gasteiger partial charge is 0.381 e. The predicted molar refractivity (Wildman–Crippen MR) is 84.2 cm³/mol. The van der Waals surface area contributed by atoms with E-state index >= 15 is 0 Å². The van der Waals surface area contributed by atoms with Gasteiger partial charge in [-0.15, -0.1) is 0 Å². The van der Waals surface area contributed by atoms with Crippen LogP contribution >= 0.6 is 11.6 Å². The number of carbonyl (C=O) groups excluding carboxylic acids is 1. The minimum atomic E-state index is -0.237. The third kappa shape index (κ3) is 4.20. The molecule has 110 valence electrons. The molecule has 0 aliphatic heterocycles. The van der Waals surface area contributed by atoms with Gasteiger partial charge in [-0.25, -0.2) is 4.39 Å². The van der Waals surface area contributed by atoms with Crippen LogP contribution in [0.3, 0.4) is 0 Å². The quantitative estimate of drug-likeness (QED) is 0.881. The molecule has 0 aromatic heterocycles. The van der Waals surface area contributed by atoms with Crippen LogP contribution < -0.4 is 10.6 Å². The van der Waals surface area contributed by atoms with Crippen molar-refractivity contribution < 1.29 is 9.18 Å². The molecule has 0 fully saturated rings. The fraction of sp³-hybridized carbons (Fsp3) is 0.188. The van der Waals surface area contributed by atoms with Crippen LogP contribution in [0.2, 0.25) is 5.02 Å². The van der Waals surface area contributed by atoms with Gasteiger partial charge >= 0.3 is 0 Å². The van der Waals surface area contributed by atoms with Gasteiger partial charge in [0, 0.05) is 19.2 Å². The molecule has 0 aliphatic rings. The molecule has 0 unspecified atom stereocenters. The van der Waals surface area contributed by atoms with Crippen molar-refractivity contribution in [3.8, 4) is 0 Å². The fourth-order valence-corrected chi connectivity index (χ4v) is 2.20. The Morgan fingerprint density at radius 2 is 2.00 bits per heavy atom. The normalized spacial score (nSPS) is 10.3. The molecule has 2 N–H and O–H groups in total. The maximum atomic E-state index is 13.0. The number of nitrogens with one attached hydrogen (secondary N) is 2. The summed E-state index contributed by atoms with van der Waals surface area (Å²) in [6.45, 7) is 3.87. The van der Waals surface area contributed by atoms with Crippen LogP contribution in [-0.2, 0) is 11.3 Å². The first-order chi connectivity index (χ1) is 9.95. The van der Waals surface area contributed by atoms with E-state index in [-0.39, 0.29) is 11.7 Å². The van der Waals surface area contributed by atoms with Crippen molar-refractivity contribution in [2.45, 2.75) is 20.4 Å². The Labute approximate surface area is 128 Å². The van der Waals surface area contributed by atoms with Crippen LogP contribution in [0.1, 0.15) is 18.1 Å². The summed E-state index contributed by atoms with van der Waals surface area (Å²) in [4.78, 5) is 11.0. The lowest BCUT2D eigenvalue weighted by molar-refractivity contribution is -0.114. The van der Waals surface area contributed by atoms with Gasteiger partial charge in [-0.05, 0) is 48.4 Å². The van der Waals surface area contributed by atoms with Gasteiger partial charge in [-0.3, -0.25) is 4.79 Å². The highest BCUT2D eigenvalue weighted by Crippen LogP contribution is 2.26.